The standard InChI is InChI=1S/C18H20BrN3O/c19-15-8-4-5-9-16(15)22-17-11-10-14(12-20-17)21-18(23)13-6-2-1-3-7-13/h4-5,8-13H,1-3,6-7H2,(H,20,22)(H,21,23). The molecule has 0 radical (unpaired) electrons. The van der Waals surface area contributed by atoms with Gasteiger partial charge in [-0.05, 0) is 53.0 Å². The molecule has 1 aromatic carbocycles. The van der Waals surface area contributed by atoms with Crippen molar-refractivity contribution in [2.24, 2.45) is 5.92 Å². The van der Waals surface area contributed by atoms with Gasteiger partial charge in [0, 0.05) is 10.4 Å². The molecule has 2 aromatic rings. The lowest BCUT2D eigenvalue weighted by Gasteiger charge is -2.20. The van der Waals surface area contributed by atoms with E-state index in [4.69, 9.17) is 0 Å². The highest BCUT2D eigenvalue weighted by Gasteiger charge is 2.21. The Labute approximate surface area is 144 Å². The maximum Gasteiger partial charge on any atom is 0.227 e. The van der Waals surface area contributed by atoms with Crippen LogP contribution in [0.15, 0.2) is 47.1 Å². The van der Waals surface area contributed by atoms with Crippen LogP contribution in [0.4, 0.5) is 17.2 Å². The van der Waals surface area contributed by atoms with Crippen LogP contribution in [0.1, 0.15) is 32.1 Å². The summed E-state index contributed by atoms with van der Waals surface area (Å²) in [7, 11) is 0. The molecule has 0 aliphatic heterocycles. The Morgan fingerprint density at radius 2 is 1.87 bits per heavy atom. The lowest BCUT2D eigenvalue weighted by molar-refractivity contribution is -0.120. The molecule has 1 saturated carbocycles. The molecule has 1 amide bonds. The Morgan fingerprint density at radius 1 is 1.09 bits per heavy atom. The van der Waals surface area contributed by atoms with Crippen LogP contribution < -0.4 is 10.6 Å². The molecule has 23 heavy (non-hydrogen) atoms. The normalized spacial score (nSPS) is 15.2. The second-order valence-corrected chi connectivity index (χ2v) is 6.72. The van der Waals surface area contributed by atoms with E-state index in [0.717, 1.165) is 47.3 Å². The Bertz CT molecular complexity index is 666. The zero-order valence-electron chi connectivity index (χ0n) is 12.9. The third-order valence-corrected chi connectivity index (χ3v) is 4.84. The topological polar surface area (TPSA) is 54.0 Å². The number of aromatic nitrogens is 1. The fourth-order valence-electron chi connectivity index (χ4n) is 2.85. The fraction of sp³-hybridized carbons (Fsp3) is 0.333. The minimum atomic E-state index is 0.123. The van der Waals surface area contributed by atoms with Gasteiger partial charge in [-0.3, -0.25) is 4.79 Å². The summed E-state index contributed by atoms with van der Waals surface area (Å²) in [5.74, 6) is 1.02. The van der Waals surface area contributed by atoms with E-state index in [9.17, 15) is 4.79 Å². The number of nitrogens with one attached hydrogen (secondary N) is 2. The van der Waals surface area contributed by atoms with Crippen LogP contribution in [0.3, 0.4) is 0 Å². The smallest absolute Gasteiger partial charge is 0.227 e. The molecule has 0 spiro atoms. The molecule has 1 aromatic heterocycles. The second-order valence-electron chi connectivity index (χ2n) is 5.86. The number of halogens is 1. The van der Waals surface area contributed by atoms with Gasteiger partial charge in [0.05, 0.1) is 17.6 Å². The Morgan fingerprint density at radius 3 is 2.57 bits per heavy atom. The molecular weight excluding hydrogens is 354 g/mol. The van der Waals surface area contributed by atoms with Crippen molar-refractivity contribution in [3.8, 4) is 0 Å². The lowest BCUT2D eigenvalue weighted by atomic mass is 9.88. The van der Waals surface area contributed by atoms with Crippen molar-refractivity contribution in [3.05, 3.63) is 47.1 Å². The summed E-state index contributed by atoms with van der Waals surface area (Å²) in [6, 6.07) is 11.6. The van der Waals surface area contributed by atoms with Gasteiger partial charge >= 0.3 is 0 Å². The van der Waals surface area contributed by atoms with Crippen LogP contribution in [0.2, 0.25) is 0 Å². The van der Waals surface area contributed by atoms with Crippen molar-refractivity contribution in [1.82, 2.24) is 4.98 Å². The minimum absolute atomic E-state index is 0.123. The highest BCUT2D eigenvalue weighted by Crippen LogP contribution is 2.26. The van der Waals surface area contributed by atoms with Crippen molar-refractivity contribution >= 4 is 39.0 Å². The molecule has 0 unspecified atom stereocenters. The monoisotopic (exact) mass is 373 g/mol. The number of hydrogen-bond donors (Lipinski definition) is 2. The lowest BCUT2D eigenvalue weighted by Crippen LogP contribution is -2.24. The average molecular weight is 374 g/mol. The molecule has 3 rings (SSSR count). The number of rotatable bonds is 4. The van der Waals surface area contributed by atoms with Crippen molar-refractivity contribution in [3.63, 3.8) is 0 Å². The molecule has 0 bridgehead atoms. The second kappa shape index (κ2) is 7.59. The highest BCUT2D eigenvalue weighted by atomic mass is 79.9. The molecule has 1 heterocycles. The van der Waals surface area contributed by atoms with E-state index in [1.807, 2.05) is 36.4 Å². The molecule has 0 saturated heterocycles. The number of carbonyl (C=O) groups excluding carboxylic acids is 1. The predicted octanol–water partition coefficient (Wildman–Crippen LogP) is 5.11. The van der Waals surface area contributed by atoms with Crippen molar-refractivity contribution < 1.29 is 4.79 Å². The average Bonchev–Trinajstić information content (AvgIpc) is 2.59. The summed E-state index contributed by atoms with van der Waals surface area (Å²) in [5.41, 5.74) is 1.71. The van der Waals surface area contributed by atoms with Gasteiger partial charge in [0.15, 0.2) is 0 Å². The van der Waals surface area contributed by atoms with Gasteiger partial charge < -0.3 is 10.6 Å². The Balaban J connectivity index is 1.60. The number of pyridine rings is 1. The molecule has 5 heteroatoms. The predicted molar refractivity (Wildman–Crippen MR) is 96.9 cm³/mol. The number of carbonyl (C=O) groups is 1. The van der Waals surface area contributed by atoms with Gasteiger partial charge in [-0.25, -0.2) is 4.98 Å². The number of benzene rings is 1. The Kier molecular flexibility index (Phi) is 5.28. The van der Waals surface area contributed by atoms with Gasteiger partial charge in [-0.15, -0.1) is 0 Å². The van der Waals surface area contributed by atoms with Crippen LogP contribution in [-0.4, -0.2) is 10.9 Å². The quantitative estimate of drug-likeness (QED) is 0.782. The third kappa shape index (κ3) is 4.32. The first kappa shape index (κ1) is 16.0. The van der Waals surface area contributed by atoms with Gasteiger partial charge in [0.1, 0.15) is 5.82 Å². The van der Waals surface area contributed by atoms with Crippen molar-refractivity contribution in [2.45, 2.75) is 32.1 Å². The maximum absolute atomic E-state index is 12.2. The zero-order chi connectivity index (χ0) is 16.1. The van der Waals surface area contributed by atoms with Gasteiger partial charge in [-0.1, -0.05) is 31.4 Å². The van der Waals surface area contributed by atoms with Crippen LogP contribution in [0.25, 0.3) is 0 Å². The summed E-state index contributed by atoms with van der Waals surface area (Å²) in [4.78, 5) is 16.6. The van der Waals surface area contributed by atoms with Crippen molar-refractivity contribution in [2.75, 3.05) is 10.6 Å². The van der Waals surface area contributed by atoms with Crippen LogP contribution in [0.5, 0.6) is 0 Å². The molecule has 0 atom stereocenters. The van der Waals surface area contributed by atoms with Gasteiger partial charge in [0.25, 0.3) is 0 Å². The SMILES string of the molecule is O=C(Nc1ccc(Nc2ccccc2Br)nc1)C1CCCCC1. The minimum Gasteiger partial charge on any atom is -0.339 e. The van der Waals surface area contributed by atoms with E-state index in [1.165, 1.54) is 6.42 Å². The summed E-state index contributed by atoms with van der Waals surface area (Å²) < 4.78 is 0.983. The first-order valence-electron chi connectivity index (χ1n) is 8.01. The highest BCUT2D eigenvalue weighted by molar-refractivity contribution is 9.10. The maximum atomic E-state index is 12.2. The van der Waals surface area contributed by atoms with Crippen LogP contribution in [0, 0.1) is 5.92 Å². The molecule has 4 nitrogen and oxygen atoms in total. The largest absolute Gasteiger partial charge is 0.339 e. The number of hydrogen-bond acceptors (Lipinski definition) is 3. The fourth-order valence-corrected chi connectivity index (χ4v) is 3.24. The summed E-state index contributed by atoms with van der Waals surface area (Å²) in [6.45, 7) is 0. The van der Waals surface area contributed by atoms with E-state index in [0.29, 0.717) is 0 Å². The molecule has 1 aliphatic carbocycles. The van der Waals surface area contributed by atoms with E-state index < -0.39 is 0 Å². The summed E-state index contributed by atoms with van der Waals surface area (Å²) >= 11 is 3.50. The first-order chi connectivity index (χ1) is 11.2. The molecule has 1 fully saturated rings. The number of anilines is 3. The van der Waals surface area contributed by atoms with E-state index in [-0.39, 0.29) is 11.8 Å². The third-order valence-electron chi connectivity index (χ3n) is 4.14. The number of nitrogens with zero attached hydrogens (tertiary/aromatic N) is 1. The molecule has 120 valence electrons. The van der Waals surface area contributed by atoms with Gasteiger partial charge in [0.2, 0.25) is 5.91 Å². The first-order valence-corrected chi connectivity index (χ1v) is 8.80. The van der Waals surface area contributed by atoms with Crippen molar-refractivity contribution in [1.29, 1.82) is 0 Å². The summed E-state index contributed by atoms with van der Waals surface area (Å²) in [5, 5.41) is 6.22. The Hall–Kier alpha value is -1.88. The molecule has 2 N–H and O–H groups in total. The molecular formula is C18H20BrN3O. The number of amides is 1. The van der Waals surface area contributed by atoms with Crippen LogP contribution in [-0.2, 0) is 4.79 Å². The van der Waals surface area contributed by atoms with E-state index in [1.54, 1.807) is 6.20 Å². The van der Waals surface area contributed by atoms with Crippen LogP contribution >= 0.6 is 15.9 Å². The van der Waals surface area contributed by atoms with E-state index in [2.05, 4.69) is 31.5 Å². The number of para-hydroxylation sites is 1. The zero-order valence-corrected chi connectivity index (χ0v) is 14.5. The van der Waals surface area contributed by atoms with Gasteiger partial charge in [-0.2, -0.15) is 0 Å². The summed E-state index contributed by atoms with van der Waals surface area (Å²) in [6.07, 6.45) is 7.26. The molecule has 1 aliphatic rings. The van der Waals surface area contributed by atoms with E-state index >= 15 is 0 Å².